The first-order valence-electron chi connectivity index (χ1n) is 5.18. The zero-order chi connectivity index (χ0) is 12.5. The monoisotopic (exact) mass is 222 g/mol. The van der Waals surface area contributed by atoms with Gasteiger partial charge in [-0.2, -0.15) is 0 Å². The van der Waals surface area contributed by atoms with E-state index < -0.39 is 5.60 Å². The lowest BCUT2D eigenvalue weighted by Gasteiger charge is -2.20. The number of ether oxygens (including phenoxy) is 1. The van der Waals surface area contributed by atoms with Gasteiger partial charge in [0.15, 0.2) is 0 Å². The highest BCUT2D eigenvalue weighted by molar-refractivity contribution is 5.91. The Labute approximate surface area is 95.8 Å². The van der Waals surface area contributed by atoms with Gasteiger partial charge in [0.25, 0.3) is 0 Å². The van der Waals surface area contributed by atoms with E-state index in [0.717, 1.165) is 5.56 Å². The zero-order valence-electron chi connectivity index (χ0n) is 10.4. The average Bonchev–Trinajstić information content (AvgIpc) is 2.08. The minimum Gasteiger partial charge on any atom is -0.456 e. The van der Waals surface area contributed by atoms with Gasteiger partial charge in [-0.3, -0.25) is 0 Å². The third kappa shape index (κ3) is 2.95. The van der Waals surface area contributed by atoms with Crippen molar-refractivity contribution in [2.75, 3.05) is 5.73 Å². The number of nitrogens with two attached hydrogens (primary N) is 1. The van der Waals surface area contributed by atoms with Crippen molar-refractivity contribution in [3.05, 3.63) is 22.9 Å². The van der Waals surface area contributed by atoms with Crippen molar-refractivity contribution in [1.82, 2.24) is 4.98 Å². The number of nitrogens with zero attached hydrogens (tertiary/aromatic N) is 1. The van der Waals surface area contributed by atoms with Gasteiger partial charge in [0.05, 0.1) is 11.3 Å². The van der Waals surface area contributed by atoms with Crippen molar-refractivity contribution in [1.29, 1.82) is 0 Å². The van der Waals surface area contributed by atoms with E-state index in [1.807, 2.05) is 27.7 Å². The van der Waals surface area contributed by atoms with Gasteiger partial charge in [-0.05, 0) is 46.2 Å². The smallest absolute Gasteiger partial charge is 0.340 e. The Balaban J connectivity index is 3.05. The van der Waals surface area contributed by atoms with Crippen molar-refractivity contribution in [2.45, 2.75) is 40.2 Å². The third-order valence-electron chi connectivity index (χ3n) is 2.06. The number of hydrogen-bond donors (Lipinski definition) is 1. The molecule has 16 heavy (non-hydrogen) atoms. The molecule has 0 radical (unpaired) electrons. The van der Waals surface area contributed by atoms with E-state index in [1.165, 1.54) is 0 Å². The number of pyridine rings is 1. The van der Waals surface area contributed by atoms with Gasteiger partial charge in [-0.15, -0.1) is 0 Å². The molecule has 2 N–H and O–H groups in total. The molecule has 0 bridgehead atoms. The maximum absolute atomic E-state index is 11.8. The van der Waals surface area contributed by atoms with Crippen LogP contribution >= 0.6 is 0 Å². The number of esters is 1. The number of nitrogen functional groups attached to an aromatic ring is 1. The van der Waals surface area contributed by atoms with Crippen LogP contribution < -0.4 is 5.73 Å². The Bertz CT molecular complexity index is 420. The summed E-state index contributed by atoms with van der Waals surface area (Å²) < 4.78 is 5.28. The molecular formula is C12H18N2O2. The molecule has 0 fully saturated rings. The van der Waals surface area contributed by atoms with Gasteiger partial charge in [-0.25, -0.2) is 9.78 Å². The highest BCUT2D eigenvalue weighted by atomic mass is 16.6. The predicted molar refractivity (Wildman–Crippen MR) is 63.3 cm³/mol. The number of aromatic nitrogens is 1. The Morgan fingerprint density at radius 2 is 1.94 bits per heavy atom. The van der Waals surface area contributed by atoms with Crippen LogP contribution in [0.5, 0.6) is 0 Å². The second-order valence-electron chi connectivity index (χ2n) is 4.83. The van der Waals surface area contributed by atoms with E-state index in [1.54, 1.807) is 13.0 Å². The van der Waals surface area contributed by atoms with Gasteiger partial charge >= 0.3 is 5.97 Å². The minimum atomic E-state index is -0.501. The van der Waals surface area contributed by atoms with E-state index in [9.17, 15) is 4.79 Å². The average molecular weight is 222 g/mol. The molecule has 88 valence electrons. The fraction of sp³-hybridized carbons (Fsp3) is 0.500. The summed E-state index contributed by atoms with van der Waals surface area (Å²) >= 11 is 0. The summed E-state index contributed by atoms with van der Waals surface area (Å²) in [4.78, 5) is 15.9. The van der Waals surface area contributed by atoms with Crippen LogP contribution in [0, 0.1) is 13.8 Å². The molecule has 0 aliphatic rings. The van der Waals surface area contributed by atoms with Crippen LogP contribution in [-0.2, 0) is 4.74 Å². The number of aryl methyl sites for hydroxylation is 2. The second kappa shape index (κ2) is 4.12. The van der Waals surface area contributed by atoms with Crippen LogP contribution in [0.4, 0.5) is 5.82 Å². The summed E-state index contributed by atoms with van der Waals surface area (Å²) in [6.07, 6.45) is 0. The van der Waals surface area contributed by atoms with Crippen LogP contribution in [-0.4, -0.2) is 16.6 Å². The summed E-state index contributed by atoms with van der Waals surface area (Å²) in [5.41, 5.74) is 7.00. The molecule has 1 rings (SSSR count). The minimum absolute atomic E-state index is 0.361. The molecule has 1 aromatic heterocycles. The van der Waals surface area contributed by atoms with E-state index in [2.05, 4.69) is 4.98 Å². The molecule has 4 heteroatoms. The number of rotatable bonds is 1. The molecule has 0 aromatic carbocycles. The first-order chi connectivity index (χ1) is 7.20. The van der Waals surface area contributed by atoms with E-state index in [0.29, 0.717) is 17.1 Å². The summed E-state index contributed by atoms with van der Waals surface area (Å²) in [5.74, 6) is 0.0883. The van der Waals surface area contributed by atoms with Crippen molar-refractivity contribution in [3.8, 4) is 0 Å². The van der Waals surface area contributed by atoms with Gasteiger partial charge in [0.1, 0.15) is 11.4 Å². The normalized spacial score (nSPS) is 11.3. The Hall–Kier alpha value is -1.58. The van der Waals surface area contributed by atoms with Gasteiger partial charge < -0.3 is 10.5 Å². The quantitative estimate of drug-likeness (QED) is 0.740. The number of anilines is 1. The molecule has 0 aliphatic carbocycles. The molecule has 0 saturated carbocycles. The largest absolute Gasteiger partial charge is 0.456 e. The zero-order valence-corrected chi connectivity index (χ0v) is 10.4. The fourth-order valence-electron chi connectivity index (χ4n) is 1.26. The first kappa shape index (κ1) is 12.5. The molecular weight excluding hydrogens is 204 g/mol. The highest BCUT2D eigenvalue weighted by Crippen LogP contribution is 2.17. The van der Waals surface area contributed by atoms with Crippen molar-refractivity contribution < 1.29 is 9.53 Å². The van der Waals surface area contributed by atoms with E-state index in [4.69, 9.17) is 10.5 Å². The lowest BCUT2D eigenvalue weighted by Crippen LogP contribution is -2.24. The van der Waals surface area contributed by atoms with Crippen LogP contribution in [0.15, 0.2) is 6.07 Å². The fourth-order valence-corrected chi connectivity index (χ4v) is 1.26. The molecule has 1 heterocycles. The molecule has 4 nitrogen and oxygen atoms in total. The number of carbonyl (C=O) groups excluding carboxylic acids is 1. The van der Waals surface area contributed by atoms with Gasteiger partial charge in [-0.1, -0.05) is 0 Å². The molecule has 1 aromatic rings. The molecule has 0 amide bonds. The van der Waals surface area contributed by atoms with Crippen LogP contribution in [0.1, 0.15) is 42.4 Å². The third-order valence-corrected chi connectivity index (χ3v) is 2.06. The number of carbonyl (C=O) groups is 1. The molecule has 0 aliphatic heterocycles. The molecule has 0 unspecified atom stereocenters. The summed E-state index contributed by atoms with van der Waals surface area (Å²) in [6.45, 7) is 9.05. The van der Waals surface area contributed by atoms with Crippen molar-refractivity contribution in [2.24, 2.45) is 0 Å². The predicted octanol–water partition coefficient (Wildman–Crippen LogP) is 2.24. The molecule has 0 spiro atoms. The first-order valence-corrected chi connectivity index (χ1v) is 5.18. The lowest BCUT2D eigenvalue weighted by atomic mass is 10.1. The molecule has 0 atom stereocenters. The second-order valence-corrected chi connectivity index (χ2v) is 4.83. The Kier molecular flexibility index (Phi) is 3.21. The molecule has 0 saturated heterocycles. The SMILES string of the molecule is Cc1cc(C(=O)OC(C)(C)C)c(C)nc1N. The van der Waals surface area contributed by atoms with Crippen LogP contribution in [0.2, 0.25) is 0 Å². The van der Waals surface area contributed by atoms with Crippen molar-refractivity contribution >= 4 is 11.8 Å². The van der Waals surface area contributed by atoms with Crippen LogP contribution in [0.25, 0.3) is 0 Å². The highest BCUT2D eigenvalue weighted by Gasteiger charge is 2.20. The van der Waals surface area contributed by atoms with E-state index in [-0.39, 0.29) is 5.97 Å². The van der Waals surface area contributed by atoms with E-state index >= 15 is 0 Å². The van der Waals surface area contributed by atoms with Crippen LogP contribution in [0.3, 0.4) is 0 Å². The maximum atomic E-state index is 11.8. The topological polar surface area (TPSA) is 65.2 Å². The lowest BCUT2D eigenvalue weighted by molar-refractivity contribution is 0.00682. The summed E-state index contributed by atoms with van der Waals surface area (Å²) in [7, 11) is 0. The maximum Gasteiger partial charge on any atom is 0.340 e. The van der Waals surface area contributed by atoms with Crippen molar-refractivity contribution in [3.63, 3.8) is 0 Å². The summed E-state index contributed by atoms with van der Waals surface area (Å²) in [5, 5.41) is 0. The Morgan fingerprint density at radius 1 is 1.38 bits per heavy atom. The summed E-state index contributed by atoms with van der Waals surface area (Å²) in [6, 6.07) is 1.71. The standard InChI is InChI=1S/C12H18N2O2/c1-7-6-9(8(2)14-10(7)13)11(15)16-12(3,4)5/h6H,1-5H3,(H2,13,14). The van der Waals surface area contributed by atoms with Gasteiger partial charge in [0.2, 0.25) is 0 Å². The Morgan fingerprint density at radius 3 is 2.44 bits per heavy atom. The van der Waals surface area contributed by atoms with Gasteiger partial charge in [0, 0.05) is 0 Å². The number of hydrogen-bond acceptors (Lipinski definition) is 4.